The highest BCUT2D eigenvalue weighted by atomic mass is 16.5. The van der Waals surface area contributed by atoms with E-state index in [-0.39, 0.29) is 12.7 Å². The van der Waals surface area contributed by atoms with Crippen molar-refractivity contribution in [3.05, 3.63) is 12.2 Å². The van der Waals surface area contributed by atoms with Crippen molar-refractivity contribution in [1.82, 2.24) is 0 Å². The van der Waals surface area contributed by atoms with E-state index in [9.17, 15) is 0 Å². The molecule has 0 aliphatic carbocycles. The zero-order chi connectivity index (χ0) is 7.82. The van der Waals surface area contributed by atoms with Crippen molar-refractivity contribution in [2.75, 3.05) is 13.7 Å². The average Bonchev–Trinajstić information content (AvgIpc) is 1.98. The maximum Gasteiger partial charge on any atom is 0.136 e. The smallest absolute Gasteiger partial charge is 0.136 e. The van der Waals surface area contributed by atoms with E-state index in [2.05, 4.69) is 11.8 Å². The molecule has 0 rings (SSSR count). The first-order valence-corrected chi connectivity index (χ1v) is 3.10. The van der Waals surface area contributed by atoms with Crippen LogP contribution in [0.3, 0.4) is 0 Å². The molecule has 1 unspecified atom stereocenters. The van der Waals surface area contributed by atoms with Gasteiger partial charge in [-0.05, 0) is 13.0 Å². The molecule has 1 atom stereocenters. The number of hydrogen-bond donors (Lipinski definition) is 1. The fourth-order valence-corrected chi connectivity index (χ4v) is 0.507. The van der Waals surface area contributed by atoms with E-state index in [4.69, 9.17) is 9.84 Å². The van der Waals surface area contributed by atoms with Crippen LogP contribution in [0.4, 0.5) is 0 Å². The standard InChI is InChI=1S/C8H12O2/c1-3-5-8(10-2)6-4-7-9/h3,5,8-9H,7H2,1-2H3. The quantitative estimate of drug-likeness (QED) is 0.449. The first-order chi connectivity index (χ1) is 4.85. The predicted molar refractivity (Wildman–Crippen MR) is 40.5 cm³/mol. The van der Waals surface area contributed by atoms with E-state index in [1.165, 1.54) is 0 Å². The Morgan fingerprint density at radius 3 is 2.80 bits per heavy atom. The minimum atomic E-state index is -0.183. The summed E-state index contributed by atoms with van der Waals surface area (Å²) in [5, 5.41) is 8.33. The molecule has 0 aromatic carbocycles. The van der Waals surface area contributed by atoms with Crippen LogP contribution in [0.5, 0.6) is 0 Å². The third kappa shape index (κ3) is 4.13. The molecule has 0 amide bonds. The zero-order valence-electron chi connectivity index (χ0n) is 6.29. The zero-order valence-corrected chi connectivity index (χ0v) is 6.29. The number of rotatable bonds is 2. The number of methoxy groups -OCH3 is 1. The Morgan fingerprint density at radius 2 is 2.40 bits per heavy atom. The molecule has 0 aliphatic rings. The van der Waals surface area contributed by atoms with Gasteiger partial charge in [0.05, 0.1) is 0 Å². The molecule has 56 valence electrons. The van der Waals surface area contributed by atoms with E-state index in [0.717, 1.165) is 0 Å². The lowest BCUT2D eigenvalue weighted by Crippen LogP contribution is -2.02. The lowest BCUT2D eigenvalue weighted by atomic mass is 10.3. The van der Waals surface area contributed by atoms with Crippen molar-refractivity contribution < 1.29 is 9.84 Å². The van der Waals surface area contributed by atoms with Crippen molar-refractivity contribution in [3.63, 3.8) is 0 Å². The summed E-state index contributed by atoms with van der Waals surface area (Å²) in [5.74, 6) is 5.22. The van der Waals surface area contributed by atoms with Crippen molar-refractivity contribution in [3.8, 4) is 11.8 Å². The van der Waals surface area contributed by atoms with Gasteiger partial charge >= 0.3 is 0 Å². The Morgan fingerprint density at radius 1 is 1.70 bits per heavy atom. The van der Waals surface area contributed by atoms with Crippen LogP contribution >= 0.6 is 0 Å². The molecule has 10 heavy (non-hydrogen) atoms. The molecule has 0 fully saturated rings. The monoisotopic (exact) mass is 140 g/mol. The van der Waals surface area contributed by atoms with Crippen molar-refractivity contribution in [1.29, 1.82) is 0 Å². The second-order valence-corrected chi connectivity index (χ2v) is 1.66. The van der Waals surface area contributed by atoms with Crippen LogP contribution in [0.15, 0.2) is 12.2 Å². The lowest BCUT2D eigenvalue weighted by molar-refractivity contribution is 0.184. The number of aliphatic hydroxyl groups excluding tert-OH is 1. The third-order valence-corrected chi connectivity index (χ3v) is 0.945. The van der Waals surface area contributed by atoms with Crippen LogP contribution in [-0.2, 0) is 4.74 Å². The van der Waals surface area contributed by atoms with E-state index in [1.807, 2.05) is 19.1 Å². The van der Waals surface area contributed by atoms with Gasteiger partial charge < -0.3 is 9.84 Å². The van der Waals surface area contributed by atoms with Gasteiger partial charge in [-0.3, -0.25) is 0 Å². The van der Waals surface area contributed by atoms with Crippen LogP contribution in [0.2, 0.25) is 0 Å². The number of allylic oxidation sites excluding steroid dienone is 1. The largest absolute Gasteiger partial charge is 0.384 e. The molecule has 2 heteroatoms. The maximum absolute atomic E-state index is 8.33. The molecule has 0 bridgehead atoms. The SMILES string of the molecule is CC=CC(C#CCO)OC. The molecule has 0 aliphatic heterocycles. The lowest BCUT2D eigenvalue weighted by Gasteiger charge is -1.99. The summed E-state index contributed by atoms with van der Waals surface area (Å²) in [6.45, 7) is 1.78. The molecule has 0 saturated carbocycles. The van der Waals surface area contributed by atoms with E-state index in [1.54, 1.807) is 7.11 Å². The molecule has 0 spiro atoms. The molecular weight excluding hydrogens is 128 g/mol. The van der Waals surface area contributed by atoms with Gasteiger partial charge in [-0.25, -0.2) is 0 Å². The van der Waals surface area contributed by atoms with E-state index < -0.39 is 0 Å². The first kappa shape index (κ1) is 9.22. The van der Waals surface area contributed by atoms with Crippen molar-refractivity contribution >= 4 is 0 Å². The normalized spacial score (nSPS) is 12.7. The fraction of sp³-hybridized carbons (Fsp3) is 0.500. The van der Waals surface area contributed by atoms with Gasteiger partial charge in [0.1, 0.15) is 12.7 Å². The second-order valence-electron chi connectivity index (χ2n) is 1.66. The van der Waals surface area contributed by atoms with Gasteiger partial charge in [0.2, 0.25) is 0 Å². The van der Waals surface area contributed by atoms with Gasteiger partial charge in [-0.2, -0.15) is 0 Å². The Bertz CT molecular complexity index is 150. The molecule has 2 nitrogen and oxygen atoms in total. The molecule has 0 aromatic rings. The summed E-state index contributed by atoms with van der Waals surface area (Å²) in [6.07, 6.45) is 3.50. The van der Waals surface area contributed by atoms with E-state index in [0.29, 0.717) is 0 Å². The molecular formula is C8H12O2. The number of ether oxygens (including phenoxy) is 1. The van der Waals surface area contributed by atoms with Crippen LogP contribution in [0, 0.1) is 11.8 Å². The summed E-state index contributed by atoms with van der Waals surface area (Å²) < 4.78 is 4.92. The van der Waals surface area contributed by atoms with E-state index >= 15 is 0 Å². The first-order valence-electron chi connectivity index (χ1n) is 3.10. The van der Waals surface area contributed by atoms with Gasteiger partial charge in [0.25, 0.3) is 0 Å². The summed E-state index contributed by atoms with van der Waals surface area (Å²) in [4.78, 5) is 0. The maximum atomic E-state index is 8.33. The summed E-state index contributed by atoms with van der Waals surface area (Å²) in [5.41, 5.74) is 0. The predicted octanol–water partition coefficient (Wildman–Crippen LogP) is 0.573. The fourth-order valence-electron chi connectivity index (χ4n) is 0.507. The van der Waals surface area contributed by atoms with Gasteiger partial charge in [0, 0.05) is 7.11 Å². The minimum Gasteiger partial charge on any atom is -0.384 e. The molecule has 0 aromatic heterocycles. The highest BCUT2D eigenvalue weighted by molar-refractivity contribution is 5.12. The topological polar surface area (TPSA) is 29.5 Å². The Labute approximate surface area is 61.5 Å². The number of aliphatic hydroxyl groups is 1. The highest BCUT2D eigenvalue weighted by Gasteiger charge is 1.91. The Kier molecular flexibility index (Phi) is 5.85. The average molecular weight is 140 g/mol. The summed E-state index contributed by atoms with van der Waals surface area (Å²) >= 11 is 0. The van der Waals surface area contributed by atoms with Crippen LogP contribution in [0.25, 0.3) is 0 Å². The van der Waals surface area contributed by atoms with Gasteiger partial charge in [-0.15, -0.1) is 0 Å². The molecule has 0 heterocycles. The van der Waals surface area contributed by atoms with Crippen LogP contribution in [-0.4, -0.2) is 24.9 Å². The molecule has 0 saturated heterocycles. The van der Waals surface area contributed by atoms with Gasteiger partial charge in [-0.1, -0.05) is 17.9 Å². The minimum absolute atomic E-state index is 0.114. The second kappa shape index (κ2) is 6.34. The molecule has 0 radical (unpaired) electrons. The number of hydrogen-bond acceptors (Lipinski definition) is 2. The third-order valence-electron chi connectivity index (χ3n) is 0.945. The highest BCUT2D eigenvalue weighted by Crippen LogP contribution is 1.88. The van der Waals surface area contributed by atoms with Crippen LogP contribution < -0.4 is 0 Å². The summed E-state index contributed by atoms with van der Waals surface area (Å²) in [7, 11) is 1.58. The van der Waals surface area contributed by atoms with Crippen molar-refractivity contribution in [2.24, 2.45) is 0 Å². The van der Waals surface area contributed by atoms with Crippen LogP contribution in [0.1, 0.15) is 6.92 Å². The summed E-state index contributed by atoms with van der Waals surface area (Å²) in [6, 6.07) is 0. The Hall–Kier alpha value is -0.780. The van der Waals surface area contributed by atoms with Crippen molar-refractivity contribution in [2.45, 2.75) is 13.0 Å². The Balaban J connectivity index is 3.82. The van der Waals surface area contributed by atoms with Gasteiger partial charge in [0.15, 0.2) is 0 Å². The molecule has 1 N–H and O–H groups in total.